The predicted molar refractivity (Wildman–Crippen MR) is 86.5 cm³/mol. The summed E-state index contributed by atoms with van der Waals surface area (Å²) < 4.78 is 1.55. The second-order valence-electron chi connectivity index (χ2n) is 4.89. The molecule has 3 aromatic rings. The first-order valence-corrected chi connectivity index (χ1v) is 7.40. The first kappa shape index (κ1) is 15.2. The minimum absolute atomic E-state index is 0.265. The second kappa shape index (κ2) is 6.58. The molecule has 3 rings (SSSR count). The van der Waals surface area contributed by atoms with Crippen molar-refractivity contribution in [2.24, 2.45) is 0 Å². The summed E-state index contributed by atoms with van der Waals surface area (Å²) in [6, 6.07) is 12.8. The zero-order valence-corrected chi connectivity index (χ0v) is 13.2. The Morgan fingerprint density at radius 1 is 1.22 bits per heavy atom. The number of rotatable bonds is 4. The van der Waals surface area contributed by atoms with Gasteiger partial charge < -0.3 is 5.32 Å². The van der Waals surface area contributed by atoms with Crippen LogP contribution >= 0.6 is 11.6 Å². The highest BCUT2D eigenvalue weighted by molar-refractivity contribution is 6.32. The summed E-state index contributed by atoms with van der Waals surface area (Å²) in [6.45, 7) is 2.11. The van der Waals surface area contributed by atoms with E-state index in [9.17, 15) is 4.79 Å². The van der Waals surface area contributed by atoms with Crippen molar-refractivity contribution in [1.29, 1.82) is 0 Å². The number of aromatic nitrogens is 4. The molecule has 0 spiro atoms. The maximum absolute atomic E-state index is 12.3. The van der Waals surface area contributed by atoms with Crippen LogP contribution in [0.5, 0.6) is 0 Å². The van der Waals surface area contributed by atoms with Gasteiger partial charge in [-0.2, -0.15) is 0 Å². The Bertz CT molecular complexity index is 831. The number of nitrogens with zero attached hydrogens (tertiary/aromatic N) is 4. The van der Waals surface area contributed by atoms with E-state index in [1.165, 1.54) is 0 Å². The normalized spacial score (nSPS) is 10.5. The molecule has 2 aromatic heterocycles. The number of benzene rings is 1. The average molecular weight is 328 g/mol. The van der Waals surface area contributed by atoms with Crippen molar-refractivity contribution in [3.8, 4) is 5.69 Å². The molecule has 23 heavy (non-hydrogen) atoms. The van der Waals surface area contributed by atoms with Gasteiger partial charge in [-0.15, -0.1) is 5.10 Å². The first-order valence-electron chi connectivity index (χ1n) is 7.02. The SMILES string of the molecule is Cc1c(C(=O)NCc2ccccn2)nnn1-c1ccccc1Cl. The van der Waals surface area contributed by atoms with Crippen LogP contribution in [-0.2, 0) is 6.54 Å². The lowest BCUT2D eigenvalue weighted by Crippen LogP contribution is -2.24. The van der Waals surface area contributed by atoms with Crippen molar-refractivity contribution in [2.45, 2.75) is 13.5 Å². The van der Waals surface area contributed by atoms with Gasteiger partial charge in [-0.05, 0) is 31.2 Å². The predicted octanol–water partition coefficient (Wildman–Crippen LogP) is 2.55. The molecule has 0 atom stereocenters. The van der Waals surface area contributed by atoms with Crippen molar-refractivity contribution in [2.75, 3.05) is 0 Å². The monoisotopic (exact) mass is 327 g/mol. The molecule has 0 unspecified atom stereocenters. The molecule has 6 nitrogen and oxygen atoms in total. The van der Waals surface area contributed by atoms with Gasteiger partial charge in [-0.3, -0.25) is 9.78 Å². The summed E-state index contributed by atoms with van der Waals surface area (Å²) in [5.41, 5.74) is 2.34. The number of hydrogen-bond donors (Lipinski definition) is 1. The highest BCUT2D eigenvalue weighted by Crippen LogP contribution is 2.21. The maximum Gasteiger partial charge on any atom is 0.274 e. The fourth-order valence-corrected chi connectivity index (χ4v) is 2.36. The molecule has 0 aliphatic carbocycles. The van der Waals surface area contributed by atoms with Gasteiger partial charge in [0.25, 0.3) is 5.91 Å². The number of hydrogen-bond acceptors (Lipinski definition) is 4. The molecule has 0 saturated carbocycles. The Hall–Kier alpha value is -2.73. The van der Waals surface area contributed by atoms with Crippen LogP contribution < -0.4 is 5.32 Å². The molecule has 1 amide bonds. The van der Waals surface area contributed by atoms with Crippen molar-refractivity contribution in [3.05, 3.63) is 70.8 Å². The highest BCUT2D eigenvalue weighted by atomic mass is 35.5. The number of pyridine rings is 1. The summed E-state index contributed by atoms with van der Waals surface area (Å²) in [5, 5.41) is 11.3. The van der Waals surface area contributed by atoms with Gasteiger partial charge in [-0.25, -0.2) is 4.68 Å². The first-order chi connectivity index (χ1) is 11.2. The number of carbonyl (C=O) groups is 1. The van der Waals surface area contributed by atoms with Gasteiger partial charge in [0.15, 0.2) is 5.69 Å². The standard InChI is InChI=1S/C16H14ClN5O/c1-11-15(16(23)19-10-12-6-4-5-9-18-12)20-21-22(11)14-8-3-2-7-13(14)17/h2-9H,10H2,1H3,(H,19,23). The van der Waals surface area contributed by atoms with E-state index < -0.39 is 0 Å². The average Bonchev–Trinajstić information content (AvgIpc) is 2.95. The third-order valence-electron chi connectivity index (χ3n) is 3.35. The van der Waals surface area contributed by atoms with Crippen LogP contribution in [0, 0.1) is 6.92 Å². The van der Waals surface area contributed by atoms with Crippen LogP contribution in [0.15, 0.2) is 48.7 Å². The van der Waals surface area contributed by atoms with Gasteiger partial charge in [-0.1, -0.05) is 35.0 Å². The van der Waals surface area contributed by atoms with E-state index >= 15 is 0 Å². The molecular formula is C16H14ClN5O. The Labute approximate surface area is 138 Å². The van der Waals surface area contributed by atoms with Crippen LogP contribution in [0.2, 0.25) is 5.02 Å². The fourth-order valence-electron chi connectivity index (χ4n) is 2.15. The molecular weight excluding hydrogens is 314 g/mol. The second-order valence-corrected chi connectivity index (χ2v) is 5.30. The third kappa shape index (κ3) is 3.22. The Morgan fingerprint density at radius 3 is 2.74 bits per heavy atom. The van der Waals surface area contributed by atoms with E-state index in [0.717, 1.165) is 5.69 Å². The van der Waals surface area contributed by atoms with E-state index in [2.05, 4.69) is 20.6 Å². The zero-order chi connectivity index (χ0) is 16.2. The summed E-state index contributed by atoms with van der Waals surface area (Å²) in [4.78, 5) is 16.4. The van der Waals surface area contributed by atoms with E-state index in [-0.39, 0.29) is 11.6 Å². The van der Waals surface area contributed by atoms with Crippen LogP contribution in [0.1, 0.15) is 21.9 Å². The van der Waals surface area contributed by atoms with Crippen LogP contribution in [0.3, 0.4) is 0 Å². The summed E-state index contributed by atoms with van der Waals surface area (Å²) in [6.07, 6.45) is 1.68. The minimum atomic E-state index is -0.300. The Morgan fingerprint density at radius 2 is 2.00 bits per heavy atom. The smallest absolute Gasteiger partial charge is 0.274 e. The molecule has 0 saturated heterocycles. The zero-order valence-electron chi connectivity index (χ0n) is 12.4. The number of nitrogens with one attached hydrogen (secondary N) is 1. The van der Waals surface area contributed by atoms with Crippen molar-refractivity contribution in [1.82, 2.24) is 25.3 Å². The Kier molecular flexibility index (Phi) is 4.34. The van der Waals surface area contributed by atoms with Crippen LogP contribution in [0.25, 0.3) is 5.69 Å². The van der Waals surface area contributed by atoms with Crippen molar-refractivity contribution >= 4 is 17.5 Å². The van der Waals surface area contributed by atoms with Crippen LogP contribution in [0.4, 0.5) is 0 Å². The summed E-state index contributed by atoms with van der Waals surface area (Å²) >= 11 is 6.16. The molecule has 1 aromatic carbocycles. The van der Waals surface area contributed by atoms with E-state index in [0.29, 0.717) is 22.9 Å². The summed E-state index contributed by atoms with van der Waals surface area (Å²) in [5.74, 6) is -0.300. The van der Waals surface area contributed by atoms with Gasteiger partial charge in [0.05, 0.1) is 28.6 Å². The molecule has 2 heterocycles. The molecule has 1 N–H and O–H groups in total. The summed E-state index contributed by atoms with van der Waals surface area (Å²) in [7, 11) is 0. The minimum Gasteiger partial charge on any atom is -0.345 e. The van der Waals surface area contributed by atoms with Gasteiger partial charge in [0, 0.05) is 6.20 Å². The van der Waals surface area contributed by atoms with E-state index in [4.69, 9.17) is 11.6 Å². The van der Waals surface area contributed by atoms with Crippen LogP contribution in [-0.4, -0.2) is 25.9 Å². The quantitative estimate of drug-likeness (QED) is 0.799. The topological polar surface area (TPSA) is 72.7 Å². The molecule has 0 aliphatic rings. The number of amides is 1. The maximum atomic E-state index is 12.3. The van der Waals surface area contributed by atoms with Gasteiger partial charge in [0.2, 0.25) is 0 Å². The lowest BCUT2D eigenvalue weighted by Gasteiger charge is -2.06. The molecule has 7 heteroatoms. The van der Waals surface area contributed by atoms with Gasteiger partial charge >= 0.3 is 0 Å². The molecule has 0 aliphatic heterocycles. The lowest BCUT2D eigenvalue weighted by molar-refractivity contribution is 0.0944. The molecule has 0 bridgehead atoms. The fraction of sp³-hybridized carbons (Fsp3) is 0.125. The van der Waals surface area contributed by atoms with Crippen molar-refractivity contribution in [3.63, 3.8) is 0 Å². The number of para-hydroxylation sites is 1. The van der Waals surface area contributed by atoms with E-state index in [1.54, 1.807) is 23.9 Å². The number of carbonyl (C=O) groups excluding carboxylic acids is 1. The van der Waals surface area contributed by atoms with E-state index in [1.807, 2.05) is 36.4 Å². The molecule has 0 radical (unpaired) electrons. The number of halogens is 1. The molecule has 0 fully saturated rings. The van der Waals surface area contributed by atoms with Crippen molar-refractivity contribution < 1.29 is 4.79 Å². The Balaban J connectivity index is 1.79. The largest absolute Gasteiger partial charge is 0.345 e. The highest BCUT2D eigenvalue weighted by Gasteiger charge is 2.18. The van der Waals surface area contributed by atoms with Gasteiger partial charge in [0.1, 0.15) is 0 Å². The molecule has 116 valence electrons. The lowest BCUT2D eigenvalue weighted by atomic mass is 10.2. The third-order valence-corrected chi connectivity index (χ3v) is 3.67.